The van der Waals surface area contributed by atoms with Crippen LogP contribution in [0.5, 0.6) is 0 Å². The molecule has 1 heterocycles. The molecule has 0 spiro atoms. The van der Waals surface area contributed by atoms with Gasteiger partial charge < -0.3 is 5.32 Å². The predicted octanol–water partition coefficient (Wildman–Crippen LogP) is 3.99. The van der Waals surface area contributed by atoms with Crippen LogP contribution in [0.15, 0.2) is 29.6 Å². The second-order valence-electron chi connectivity index (χ2n) is 5.37. The third-order valence-electron chi connectivity index (χ3n) is 3.99. The standard InChI is InChI=1S/C17H16N2OS/c1-11-5-6-12(10-18)9-15(11)19-17(20)14-3-2-4-16-13(14)7-8-21-16/h5-9,14H,2-4H2,1H3,(H,19,20). The Morgan fingerprint density at radius 1 is 1.43 bits per heavy atom. The molecule has 1 N–H and O–H groups in total. The van der Waals surface area contributed by atoms with Crippen LogP contribution < -0.4 is 5.32 Å². The highest BCUT2D eigenvalue weighted by Crippen LogP contribution is 2.35. The topological polar surface area (TPSA) is 52.9 Å². The van der Waals surface area contributed by atoms with Gasteiger partial charge in [0.1, 0.15) is 0 Å². The summed E-state index contributed by atoms with van der Waals surface area (Å²) in [6.07, 6.45) is 3.04. The largest absolute Gasteiger partial charge is 0.325 e. The van der Waals surface area contributed by atoms with E-state index in [4.69, 9.17) is 5.26 Å². The van der Waals surface area contributed by atoms with Crippen molar-refractivity contribution in [1.29, 1.82) is 5.26 Å². The summed E-state index contributed by atoms with van der Waals surface area (Å²) in [7, 11) is 0. The fraction of sp³-hybridized carbons (Fsp3) is 0.294. The van der Waals surface area contributed by atoms with Crippen LogP contribution in [0.3, 0.4) is 0 Å². The zero-order valence-corrected chi connectivity index (χ0v) is 12.7. The van der Waals surface area contributed by atoms with E-state index >= 15 is 0 Å². The first-order valence-corrected chi connectivity index (χ1v) is 7.95. The van der Waals surface area contributed by atoms with Gasteiger partial charge in [-0.15, -0.1) is 11.3 Å². The van der Waals surface area contributed by atoms with Crippen molar-refractivity contribution in [1.82, 2.24) is 0 Å². The molecule has 1 amide bonds. The SMILES string of the molecule is Cc1ccc(C#N)cc1NC(=O)C1CCCc2sccc21. The van der Waals surface area contributed by atoms with Crippen molar-refractivity contribution in [2.75, 3.05) is 5.32 Å². The van der Waals surface area contributed by atoms with Crippen molar-refractivity contribution in [3.63, 3.8) is 0 Å². The molecular weight excluding hydrogens is 280 g/mol. The fourth-order valence-corrected chi connectivity index (χ4v) is 3.79. The lowest BCUT2D eigenvalue weighted by molar-refractivity contribution is -0.117. The van der Waals surface area contributed by atoms with E-state index in [2.05, 4.69) is 22.8 Å². The van der Waals surface area contributed by atoms with E-state index in [1.165, 1.54) is 10.4 Å². The first-order chi connectivity index (χ1) is 10.2. The Hall–Kier alpha value is -2.12. The lowest BCUT2D eigenvalue weighted by Crippen LogP contribution is -2.24. The molecule has 0 bridgehead atoms. The summed E-state index contributed by atoms with van der Waals surface area (Å²) in [6, 6.07) is 9.55. The molecule has 1 aliphatic carbocycles. The van der Waals surface area contributed by atoms with Crippen LogP contribution in [0, 0.1) is 18.3 Å². The first kappa shape index (κ1) is 13.8. The van der Waals surface area contributed by atoms with Gasteiger partial charge in [0, 0.05) is 10.6 Å². The number of nitrogens with one attached hydrogen (secondary N) is 1. The molecule has 1 unspecified atom stereocenters. The maximum absolute atomic E-state index is 12.6. The van der Waals surface area contributed by atoms with Crippen molar-refractivity contribution < 1.29 is 4.79 Å². The van der Waals surface area contributed by atoms with Gasteiger partial charge in [0.05, 0.1) is 17.6 Å². The highest BCUT2D eigenvalue weighted by molar-refractivity contribution is 7.10. The molecule has 0 saturated heterocycles. The molecule has 4 heteroatoms. The van der Waals surface area contributed by atoms with Crippen LogP contribution in [0.2, 0.25) is 0 Å². The van der Waals surface area contributed by atoms with Gasteiger partial charge in [-0.25, -0.2) is 0 Å². The highest BCUT2D eigenvalue weighted by Gasteiger charge is 2.27. The number of anilines is 1. The fourth-order valence-electron chi connectivity index (χ4n) is 2.80. The summed E-state index contributed by atoms with van der Waals surface area (Å²) in [5.41, 5.74) is 3.46. The Balaban J connectivity index is 1.84. The number of nitrogens with zero attached hydrogens (tertiary/aromatic N) is 1. The smallest absolute Gasteiger partial charge is 0.231 e. The Morgan fingerprint density at radius 3 is 3.10 bits per heavy atom. The van der Waals surface area contributed by atoms with Gasteiger partial charge in [0.2, 0.25) is 5.91 Å². The van der Waals surface area contributed by atoms with Gasteiger partial charge in [-0.1, -0.05) is 6.07 Å². The normalized spacial score (nSPS) is 16.9. The van der Waals surface area contributed by atoms with E-state index in [0.29, 0.717) is 5.56 Å². The number of aryl methyl sites for hydroxylation is 2. The van der Waals surface area contributed by atoms with Crippen LogP contribution in [0.25, 0.3) is 0 Å². The summed E-state index contributed by atoms with van der Waals surface area (Å²) < 4.78 is 0. The number of thiophene rings is 1. The van der Waals surface area contributed by atoms with Crippen molar-refractivity contribution >= 4 is 22.9 Å². The molecule has 1 aliphatic rings. The Bertz CT molecular complexity index is 727. The first-order valence-electron chi connectivity index (χ1n) is 7.07. The summed E-state index contributed by atoms with van der Waals surface area (Å²) in [5, 5.41) is 14.0. The second kappa shape index (κ2) is 5.71. The van der Waals surface area contributed by atoms with Gasteiger partial charge in [-0.3, -0.25) is 4.79 Å². The molecule has 1 aromatic carbocycles. The van der Waals surface area contributed by atoms with Crippen LogP contribution >= 0.6 is 11.3 Å². The summed E-state index contributed by atoms with van der Waals surface area (Å²) in [4.78, 5) is 13.9. The molecular formula is C17H16N2OS. The quantitative estimate of drug-likeness (QED) is 0.911. The van der Waals surface area contributed by atoms with E-state index in [-0.39, 0.29) is 11.8 Å². The van der Waals surface area contributed by atoms with E-state index in [1.807, 2.05) is 13.0 Å². The average molecular weight is 296 g/mol. The third kappa shape index (κ3) is 2.70. The number of benzene rings is 1. The lowest BCUT2D eigenvalue weighted by Gasteiger charge is -2.22. The van der Waals surface area contributed by atoms with Gasteiger partial charge in [-0.2, -0.15) is 5.26 Å². The van der Waals surface area contributed by atoms with Crippen LogP contribution in [-0.2, 0) is 11.2 Å². The van der Waals surface area contributed by atoms with Crippen molar-refractivity contribution in [3.8, 4) is 6.07 Å². The lowest BCUT2D eigenvalue weighted by atomic mass is 9.87. The number of hydrogen-bond acceptors (Lipinski definition) is 3. The summed E-state index contributed by atoms with van der Waals surface area (Å²) in [6.45, 7) is 1.94. The zero-order chi connectivity index (χ0) is 14.8. The second-order valence-corrected chi connectivity index (χ2v) is 6.38. The number of fused-ring (bicyclic) bond motifs is 1. The minimum Gasteiger partial charge on any atom is -0.325 e. The number of nitriles is 1. The molecule has 0 saturated carbocycles. The van der Waals surface area contributed by atoms with Crippen LogP contribution in [0.4, 0.5) is 5.69 Å². The molecule has 3 rings (SSSR count). The zero-order valence-electron chi connectivity index (χ0n) is 11.8. The molecule has 0 aliphatic heterocycles. The third-order valence-corrected chi connectivity index (χ3v) is 4.99. The average Bonchev–Trinajstić information content (AvgIpc) is 2.97. The Labute approximate surface area is 128 Å². The monoisotopic (exact) mass is 296 g/mol. The van der Waals surface area contributed by atoms with Crippen molar-refractivity contribution in [3.05, 3.63) is 51.2 Å². The molecule has 21 heavy (non-hydrogen) atoms. The number of carbonyl (C=O) groups excluding carboxylic acids is 1. The number of hydrogen-bond donors (Lipinski definition) is 1. The maximum atomic E-state index is 12.6. The highest BCUT2D eigenvalue weighted by atomic mass is 32.1. The Kier molecular flexibility index (Phi) is 3.76. The molecule has 1 aromatic heterocycles. The van der Waals surface area contributed by atoms with E-state index in [1.54, 1.807) is 23.5 Å². The number of amides is 1. The van der Waals surface area contributed by atoms with E-state index < -0.39 is 0 Å². The van der Waals surface area contributed by atoms with Crippen molar-refractivity contribution in [2.24, 2.45) is 0 Å². The minimum absolute atomic E-state index is 0.0348. The minimum atomic E-state index is -0.0647. The van der Waals surface area contributed by atoms with Gasteiger partial charge in [0.25, 0.3) is 0 Å². The molecule has 1 atom stereocenters. The number of rotatable bonds is 2. The van der Waals surface area contributed by atoms with Gasteiger partial charge >= 0.3 is 0 Å². The predicted molar refractivity (Wildman–Crippen MR) is 84.5 cm³/mol. The molecule has 106 valence electrons. The molecule has 2 aromatic rings. The van der Waals surface area contributed by atoms with Crippen LogP contribution in [-0.4, -0.2) is 5.91 Å². The van der Waals surface area contributed by atoms with Crippen molar-refractivity contribution in [2.45, 2.75) is 32.1 Å². The summed E-state index contributed by atoms with van der Waals surface area (Å²) >= 11 is 1.74. The molecule has 0 fully saturated rings. The van der Waals surface area contributed by atoms with E-state index in [0.717, 1.165) is 30.5 Å². The molecule has 3 nitrogen and oxygen atoms in total. The Morgan fingerprint density at radius 2 is 2.29 bits per heavy atom. The number of carbonyl (C=O) groups is 1. The molecule has 0 radical (unpaired) electrons. The maximum Gasteiger partial charge on any atom is 0.231 e. The van der Waals surface area contributed by atoms with Gasteiger partial charge in [-0.05, 0) is 60.9 Å². The van der Waals surface area contributed by atoms with Crippen LogP contribution in [0.1, 0.15) is 40.3 Å². The van der Waals surface area contributed by atoms with E-state index in [9.17, 15) is 4.79 Å². The summed E-state index contributed by atoms with van der Waals surface area (Å²) in [5.74, 6) is -0.0299. The van der Waals surface area contributed by atoms with Gasteiger partial charge in [0.15, 0.2) is 0 Å².